The van der Waals surface area contributed by atoms with Gasteiger partial charge in [0.15, 0.2) is 0 Å². The maximum Gasteiger partial charge on any atom is 0.338 e. The summed E-state index contributed by atoms with van der Waals surface area (Å²) in [5, 5.41) is 8.81. The van der Waals surface area contributed by atoms with Crippen molar-refractivity contribution in [3.05, 3.63) is 65.2 Å². The zero-order valence-corrected chi connectivity index (χ0v) is 16.5. The predicted octanol–water partition coefficient (Wildman–Crippen LogP) is 3.48. The zero-order valence-electron chi connectivity index (χ0n) is 15.7. The third kappa shape index (κ3) is 4.41. The summed E-state index contributed by atoms with van der Waals surface area (Å²) in [4.78, 5) is 12.5. The first-order valence-electron chi connectivity index (χ1n) is 9.20. The van der Waals surface area contributed by atoms with Gasteiger partial charge in [-0.1, -0.05) is 24.6 Å². The average molecular weight is 398 g/mol. The van der Waals surface area contributed by atoms with Gasteiger partial charge in [-0.2, -0.15) is 9.57 Å². The van der Waals surface area contributed by atoms with Crippen LogP contribution < -0.4 is 0 Å². The molecule has 0 saturated carbocycles. The normalized spacial score (nSPS) is 17.6. The first-order valence-corrected chi connectivity index (χ1v) is 10.6. The number of hydrogen-bond acceptors (Lipinski definition) is 5. The van der Waals surface area contributed by atoms with Crippen LogP contribution in [0.25, 0.3) is 0 Å². The maximum absolute atomic E-state index is 13.0. The molecule has 2 aromatic rings. The molecule has 0 N–H and O–H groups in total. The summed E-state index contributed by atoms with van der Waals surface area (Å²) in [7, 11) is -3.65. The summed E-state index contributed by atoms with van der Waals surface area (Å²) in [6, 6.07) is 14.7. The van der Waals surface area contributed by atoms with Crippen molar-refractivity contribution in [1.29, 1.82) is 5.26 Å². The van der Waals surface area contributed by atoms with Crippen LogP contribution in [0.5, 0.6) is 0 Å². The van der Waals surface area contributed by atoms with Gasteiger partial charge in [-0.15, -0.1) is 0 Å². The molecular weight excluding hydrogens is 376 g/mol. The van der Waals surface area contributed by atoms with E-state index in [0.29, 0.717) is 12.1 Å². The van der Waals surface area contributed by atoms with E-state index in [1.807, 2.05) is 13.0 Å². The molecule has 1 fully saturated rings. The van der Waals surface area contributed by atoms with Gasteiger partial charge in [-0.25, -0.2) is 13.2 Å². The largest absolute Gasteiger partial charge is 0.457 e. The van der Waals surface area contributed by atoms with Crippen LogP contribution in [0.3, 0.4) is 0 Å². The highest BCUT2D eigenvalue weighted by Crippen LogP contribution is 2.25. The highest BCUT2D eigenvalue weighted by Gasteiger charge is 2.31. The Balaban J connectivity index is 1.73. The van der Waals surface area contributed by atoms with Gasteiger partial charge in [0.1, 0.15) is 6.61 Å². The monoisotopic (exact) mass is 398 g/mol. The fourth-order valence-electron chi connectivity index (χ4n) is 3.26. The van der Waals surface area contributed by atoms with Crippen LogP contribution in [0.2, 0.25) is 0 Å². The van der Waals surface area contributed by atoms with E-state index >= 15 is 0 Å². The number of piperidine rings is 1. The second-order valence-corrected chi connectivity index (χ2v) is 8.76. The lowest BCUT2D eigenvalue weighted by atomic mass is 10.1. The Morgan fingerprint density at radius 2 is 1.96 bits per heavy atom. The number of carbonyl (C=O) groups excluding carboxylic acids is 1. The van der Waals surface area contributed by atoms with Crippen molar-refractivity contribution in [2.75, 3.05) is 6.54 Å². The van der Waals surface area contributed by atoms with Crippen molar-refractivity contribution in [2.45, 2.75) is 43.7 Å². The minimum absolute atomic E-state index is 0.0463. The second-order valence-electron chi connectivity index (χ2n) is 6.87. The summed E-state index contributed by atoms with van der Waals surface area (Å²) < 4.78 is 32.7. The molecule has 0 bridgehead atoms. The summed E-state index contributed by atoms with van der Waals surface area (Å²) in [5.74, 6) is -0.590. The van der Waals surface area contributed by atoms with Gasteiger partial charge in [-0.3, -0.25) is 0 Å². The second kappa shape index (κ2) is 8.55. The first-order chi connectivity index (χ1) is 13.4. The molecule has 0 aromatic heterocycles. The van der Waals surface area contributed by atoms with E-state index in [4.69, 9.17) is 10.00 Å². The fraction of sp³-hybridized carbons (Fsp3) is 0.333. The van der Waals surface area contributed by atoms with Gasteiger partial charge in [0, 0.05) is 12.6 Å². The van der Waals surface area contributed by atoms with Crippen molar-refractivity contribution in [3.8, 4) is 6.07 Å². The lowest BCUT2D eigenvalue weighted by Crippen LogP contribution is -2.41. The Kier molecular flexibility index (Phi) is 6.12. The summed E-state index contributed by atoms with van der Waals surface area (Å²) >= 11 is 0. The highest BCUT2D eigenvalue weighted by atomic mass is 32.2. The number of nitriles is 1. The van der Waals surface area contributed by atoms with Gasteiger partial charge in [-0.05, 0) is 55.7 Å². The highest BCUT2D eigenvalue weighted by molar-refractivity contribution is 7.89. The number of benzene rings is 2. The summed E-state index contributed by atoms with van der Waals surface area (Å²) in [6.07, 6.45) is 2.70. The van der Waals surface area contributed by atoms with Gasteiger partial charge in [0.05, 0.1) is 22.1 Å². The van der Waals surface area contributed by atoms with E-state index in [2.05, 4.69) is 0 Å². The van der Waals surface area contributed by atoms with Crippen molar-refractivity contribution in [3.63, 3.8) is 0 Å². The number of nitrogens with zero attached hydrogens (tertiary/aromatic N) is 2. The molecule has 1 atom stereocenters. The molecule has 1 aliphatic rings. The number of carbonyl (C=O) groups is 1. The van der Waals surface area contributed by atoms with Gasteiger partial charge < -0.3 is 4.74 Å². The van der Waals surface area contributed by atoms with Gasteiger partial charge >= 0.3 is 5.97 Å². The zero-order chi connectivity index (χ0) is 20.1. The summed E-state index contributed by atoms with van der Waals surface area (Å²) in [6.45, 7) is 2.45. The minimum Gasteiger partial charge on any atom is -0.457 e. The third-order valence-corrected chi connectivity index (χ3v) is 6.88. The van der Waals surface area contributed by atoms with E-state index in [0.717, 1.165) is 24.8 Å². The van der Waals surface area contributed by atoms with Gasteiger partial charge in [0.25, 0.3) is 0 Å². The Labute approximate surface area is 165 Å². The van der Waals surface area contributed by atoms with E-state index < -0.39 is 16.0 Å². The lowest BCUT2D eigenvalue weighted by Gasteiger charge is -2.32. The van der Waals surface area contributed by atoms with Crippen molar-refractivity contribution >= 4 is 16.0 Å². The van der Waals surface area contributed by atoms with E-state index in [9.17, 15) is 13.2 Å². The van der Waals surface area contributed by atoms with Crippen molar-refractivity contribution in [1.82, 2.24) is 4.31 Å². The van der Waals surface area contributed by atoms with Crippen LogP contribution in [-0.2, 0) is 21.4 Å². The Bertz CT molecular complexity index is 994. The van der Waals surface area contributed by atoms with Crippen LogP contribution in [0, 0.1) is 11.3 Å². The Morgan fingerprint density at radius 3 is 2.64 bits per heavy atom. The van der Waals surface area contributed by atoms with Crippen molar-refractivity contribution < 1.29 is 17.9 Å². The molecule has 28 heavy (non-hydrogen) atoms. The first kappa shape index (κ1) is 20.1. The van der Waals surface area contributed by atoms with E-state index in [-0.39, 0.29) is 23.1 Å². The third-order valence-electron chi connectivity index (χ3n) is 4.87. The number of hydrogen-bond donors (Lipinski definition) is 0. The minimum atomic E-state index is -3.65. The molecule has 0 aliphatic carbocycles. The SMILES string of the molecule is C[C@@H]1CCCCN1S(=O)(=O)c1cccc(C(=O)OCc2ccc(C#N)cc2)c1. The number of esters is 1. The van der Waals surface area contributed by atoms with Crippen LogP contribution in [-0.4, -0.2) is 31.3 Å². The van der Waals surface area contributed by atoms with Crippen molar-refractivity contribution in [2.24, 2.45) is 0 Å². The molecular formula is C21H22N2O4S. The van der Waals surface area contributed by atoms with Crippen LogP contribution in [0.4, 0.5) is 0 Å². The quantitative estimate of drug-likeness (QED) is 0.720. The number of ether oxygens (including phenoxy) is 1. The molecule has 1 saturated heterocycles. The number of rotatable bonds is 5. The molecule has 6 nitrogen and oxygen atoms in total. The smallest absolute Gasteiger partial charge is 0.338 e. The van der Waals surface area contributed by atoms with E-state index in [1.165, 1.54) is 16.4 Å². The fourth-order valence-corrected chi connectivity index (χ4v) is 5.00. The molecule has 3 rings (SSSR count). The molecule has 2 aromatic carbocycles. The van der Waals surface area contributed by atoms with Crippen LogP contribution in [0.1, 0.15) is 47.7 Å². The van der Waals surface area contributed by atoms with E-state index in [1.54, 1.807) is 36.4 Å². The standard InChI is InChI=1S/C21H22N2O4S/c1-16-5-2-3-12-23(16)28(25,26)20-7-4-6-19(13-20)21(24)27-15-18-10-8-17(14-22)9-11-18/h4,6-11,13,16H,2-3,5,12,15H2,1H3/t16-/m1/s1. The number of sulfonamides is 1. The molecule has 0 radical (unpaired) electrons. The Morgan fingerprint density at radius 1 is 1.21 bits per heavy atom. The Hall–Kier alpha value is -2.69. The van der Waals surface area contributed by atoms with Crippen LogP contribution >= 0.6 is 0 Å². The molecule has 0 spiro atoms. The molecule has 0 amide bonds. The van der Waals surface area contributed by atoms with Gasteiger partial charge in [0.2, 0.25) is 10.0 Å². The topological polar surface area (TPSA) is 87.5 Å². The predicted molar refractivity (Wildman–Crippen MR) is 104 cm³/mol. The molecule has 0 unspecified atom stereocenters. The average Bonchev–Trinajstić information content (AvgIpc) is 2.72. The molecule has 146 valence electrons. The molecule has 7 heteroatoms. The maximum atomic E-state index is 13.0. The lowest BCUT2D eigenvalue weighted by molar-refractivity contribution is 0.0472. The molecule has 1 heterocycles. The molecule has 1 aliphatic heterocycles. The summed E-state index contributed by atoms with van der Waals surface area (Å²) in [5.41, 5.74) is 1.47. The van der Waals surface area contributed by atoms with Crippen LogP contribution in [0.15, 0.2) is 53.4 Å².